The molecule has 0 bridgehead atoms. The molecule has 0 saturated heterocycles. The Morgan fingerprint density at radius 2 is 1.86 bits per heavy atom. The summed E-state index contributed by atoms with van der Waals surface area (Å²) < 4.78 is 24.9. The molecule has 0 saturated carbocycles. The molecule has 0 aromatic heterocycles. The fourth-order valence-corrected chi connectivity index (χ4v) is 2.12. The van der Waals surface area contributed by atoms with Crippen LogP contribution < -0.4 is 15.2 Å². The molecule has 0 spiro atoms. The number of hydrogen-bond donors (Lipinski definition) is 1. The van der Waals surface area contributed by atoms with Crippen LogP contribution in [-0.2, 0) is 0 Å². The standard InChI is InChI=1S/C17H20FNO2/c1-4-11(2)12-7-5-6-8-15(12)21-16-10-17(20-3)14(19)9-13(16)18/h5-11H,4,19H2,1-3H3. The Balaban J connectivity index is 2.39. The second-order valence-electron chi connectivity index (χ2n) is 4.97. The molecule has 1 unspecified atom stereocenters. The van der Waals surface area contributed by atoms with E-state index in [2.05, 4.69) is 13.8 Å². The number of anilines is 1. The summed E-state index contributed by atoms with van der Waals surface area (Å²) in [4.78, 5) is 0. The molecule has 112 valence electrons. The Morgan fingerprint density at radius 3 is 2.52 bits per heavy atom. The van der Waals surface area contributed by atoms with E-state index in [1.165, 1.54) is 19.2 Å². The minimum Gasteiger partial charge on any atom is -0.494 e. The van der Waals surface area contributed by atoms with Gasteiger partial charge in [0.05, 0.1) is 12.8 Å². The second kappa shape index (κ2) is 6.48. The van der Waals surface area contributed by atoms with Gasteiger partial charge in [-0.1, -0.05) is 32.0 Å². The van der Waals surface area contributed by atoms with Crippen molar-refractivity contribution >= 4 is 5.69 Å². The number of nitrogen functional groups attached to an aromatic ring is 1. The van der Waals surface area contributed by atoms with Gasteiger partial charge in [-0.2, -0.15) is 0 Å². The van der Waals surface area contributed by atoms with Crippen molar-refractivity contribution in [1.29, 1.82) is 0 Å². The summed E-state index contributed by atoms with van der Waals surface area (Å²) in [5.74, 6) is 0.981. The van der Waals surface area contributed by atoms with E-state index in [1.807, 2.05) is 24.3 Å². The number of hydrogen-bond acceptors (Lipinski definition) is 3. The van der Waals surface area contributed by atoms with Crippen LogP contribution in [0.1, 0.15) is 31.7 Å². The molecule has 2 aromatic carbocycles. The lowest BCUT2D eigenvalue weighted by molar-refractivity contribution is 0.401. The first kappa shape index (κ1) is 15.2. The van der Waals surface area contributed by atoms with Gasteiger partial charge in [0.15, 0.2) is 11.6 Å². The maximum absolute atomic E-state index is 14.0. The SMILES string of the molecule is CCC(C)c1ccccc1Oc1cc(OC)c(N)cc1F. The quantitative estimate of drug-likeness (QED) is 0.810. The first-order chi connectivity index (χ1) is 10.1. The average molecular weight is 289 g/mol. The van der Waals surface area contributed by atoms with Crippen molar-refractivity contribution in [3.05, 3.63) is 47.8 Å². The molecule has 0 aliphatic carbocycles. The number of nitrogens with two attached hydrogens (primary N) is 1. The molecule has 0 aliphatic heterocycles. The molecule has 0 fully saturated rings. The zero-order chi connectivity index (χ0) is 15.4. The molecular formula is C17H20FNO2. The number of methoxy groups -OCH3 is 1. The van der Waals surface area contributed by atoms with E-state index < -0.39 is 5.82 Å². The molecule has 0 aliphatic rings. The third-order valence-corrected chi connectivity index (χ3v) is 3.57. The zero-order valence-corrected chi connectivity index (χ0v) is 12.5. The molecule has 3 nitrogen and oxygen atoms in total. The summed E-state index contributed by atoms with van der Waals surface area (Å²) in [6.45, 7) is 4.22. The largest absolute Gasteiger partial charge is 0.494 e. The number of ether oxygens (including phenoxy) is 2. The van der Waals surface area contributed by atoms with Crippen LogP contribution in [0.5, 0.6) is 17.2 Å². The lowest BCUT2D eigenvalue weighted by Gasteiger charge is -2.16. The smallest absolute Gasteiger partial charge is 0.168 e. The number of halogens is 1. The molecule has 2 rings (SSSR count). The van der Waals surface area contributed by atoms with E-state index in [-0.39, 0.29) is 11.4 Å². The number of benzene rings is 2. The lowest BCUT2D eigenvalue weighted by atomic mass is 9.98. The highest BCUT2D eigenvalue weighted by atomic mass is 19.1. The third-order valence-electron chi connectivity index (χ3n) is 3.57. The maximum atomic E-state index is 14.0. The third kappa shape index (κ3) is 3.27. The van der Waals surface area contributed by atoms with Crippen molar-refractivity contribution in [2.45, 2.75) is 26.2 Å². The summed E-state index contributed by atoms with van der Waals surface area (Å²) >= 11 is 0. The minimum absolute atomic E-state index is 0.108. The van der Waals surface area contributed by atoms with Gasteiger partial charge in [-0.05, 0) is 24.0 Å². The molecule has 0 heterocycles. The van der Waals surface area contributed by atoms with Gasteiger partial charge in [0.1, 0.15) is 11.5 Å². The molecule has 4 heteroatoms. The topological polar surface area (TPSA) is 44.5 Å². The fraction of sp³-hybridized carbons (Fsp3) is 0.294. The predicted octanol–water partition coefficient (Wildman–Crippen LogP) is 4.72. The van der Waals surface area contributed by atoms with Crippen LogP contribution in [-0.4, -0.2) is 7.11 Å². The van der Waals surface area contributed by atoms with Gasteiger partial charge in [0.25, 0.3) is 0 Å². The van der Waals surface area contributed by atoms with E-state index in [4.69, 9.17) is 15.2 Å². The van der Waals surface area contributed by atoms with Gasteiger partial charge in [-0.3, -0.25) is 0 Å². The Morgan fingerprint density at radius 1 is 1.14 bits per heavy atom. The van der Waals surface area contributed by atoms with Crippen molar-refractivity contribution < 1.29 is 13.9 Å². The fourth-order valence-electron chi connectivity index (χ4n) is 2.12. The van der Waals surface area contributed by atoms with E-state index in [0.29, 0.717) is 17.4 Å². The first-order valence-corrected chi connectivity index (χ1v) is 6.96. The molecule has 0 amide bonds. The van der Waals surface area contributed by atoms with Gasteiger partial charge >= 0.3 is 0 Å². The van der Waals surface area contributed by atoms with Crippen molar-refractivity contribution in [2.24, 2.45) is 0 Å². The van der Waals surface area contributed by atoms with Crippen molar-refractivity contribution in [1.82, 2.24) is 0 Å². The van der Waals surface area contributed by atoms with Crippen LogP contribution in [0.15, 0.2) is 36.4 Å². The summed E-state index contributed by atoms with van der Waals surface area (Å²) in [6.07, 6.45) is 0.980. The molecule has 0 radical (unpaired) electrons. The van der Waals surface area contributed by atoms with Crippen LogP contribution >= 0.6 is 0 Å². The van der Waals surface area contributed by atoms with Crippen molar-refractivity contribution in [3.63, 3.8) is 0 Å². The first-order valence-electron chi connectivity index (χ1n) is 6.96. The Hall–Kier alpha value is -2.23. The molecular weight excluding hydrogens is 269 g/mol. The molecule has 1 atom stereocenters. The summed E-state index contributed by atoms with van der Waals surface area (Å²) in [6, 6.07) is 10.3. The normalized spacial score (nSPS) is 12.0. The van der Waals surface area contributed by atoms with Gasteiger partial charge < -0.3 is 15.2 Å². The monoisotopic (exact) mass is 289 g/mol. The van der Waals surface area contributed by atoms with E-state index in [0.717, 1.165) is 12.0 Å². The molecule has 21 heavy (non-hydrogen) atoms. The lowest BCUT2D eigenvalue weighted by Crippen LogP contribution is -1.99. The van der Waals surface area contributed by atoms with E-state index in [9.17, 15) is 4.39 Å². The highest BCUT2D eigenvalue weighted by Crippen LogP contribution is 2.36. The van der Waals surface area contributed by atoms with Crippen molar-refractivity contribution in [2.75, 3.05) is 12.8 Å². The van der Waals surface area contributed by atoms with Crippen LogP contribution in [0, 0.1) is 5.82 Å². The maximum Gasteiger partial charge on any atom is 0.168 e. The van der Waals surface area contributed by atoms with Crippen LogP contribution in [0.25, 0.3) is 0 Å². The van der Waals surface area contributed by atoms with Gasteiger partial charge in [0.2, 0.25) is 0 Å². The van der Waals surface area contributed by atoms with E-state index >= 15 is 0 Å². The highest BCUT2D eigenvalue weighted by Gasteiger charge is 2.14. The summed E-state index contributed by atoms with van der Waals surface area (Å²) in [7, 11) is 1.49. The van der Waals surface area contributed by atoms with Gasteiger partial charge in [0, 0.05) is 12.1 Å². The second-order valence-corrected chi connectivity index (χ2v) is 4.97. The minimum atomic E-state index is -0.507. The van der Waals surface area contributed by atoms with E-state index in [1.54, 1.807) is 0 Å². The zero-order valence-electron chi connectivity index (χ0n) is 12.5. The number of para-hydroxylation sites is 1. The van der Waals surface area contributed by atoms with Crippen LogP contribution in [0.3, 0.4) is 0 Å². The van der Waals surface area contributed by atoms with Crippen molar-refractivity contribution in [3.8, 4) is 17.2 Å². The average Bonchev–Trinajstić information content (AvgIpc) is 2.49. The Labute approximate surface area is 124 Å². The Kier molecular flexibility index (Phi) is 4.68. The molecule has 2 aromatic rings. The van der Waals surface area contributed by atoms with Gasteiger partial charge in [-0.25, -0.2) is 4.39 Å². The van der Waals surface area contributed by atoms with Gasteiger partial charge in [-0.15, -0.1) is 0 Å². The highest BCUT2D eigenvalue weighted by molar-refractivity contribution is 5.57. The number of rotatable bonds is 5. The van der Waals surface area contributed by atoms with Crippen LogP contribution in [0.2, 0.25) is 0 Å². The predicted molar refractivity (Wildman–Crippen MR) is 82.6 cm³/mol. The Bertz CT molecular complexity index is 628. The molecule has 2 N–H and O–H groups in total. The van der Waals surface area contributed by atoms with Crippen LogP contribution in [0.4, 0.5) is 10.1 Å². The summed E-state index contributed by atoms with van der Waals surface area (Å²) in [5, 5.41) is 0. The summed E-state index contributed by atoms with van der Waals surface area (Å²) in [5.41, 5.74) is 6.97.